The Morgan fingerprint density at radius 2 is 1.81 bits per heavy atom. The lowest BCUT2D eigenvalue weighted by Crippen LogP contribution is -2.44. The Bertz CT molecular complexity index is 1180. The summed E-state index contributed by atoms with van der Waals surface area (Å²) in [6.07, 6.45) is 1.44. The highest BCUT2D eigenvalue weighted by molar-refractivity contribution is 5.94. The second kappa shape index (κ2) is 11.0. The van der Waals surface area contributed by atoms with Crippen molar-refractivity contribution in [3.63, 3.8) is 0 Å². The second-order valence-corrected chi connectivity index (χ2v) is 10.2. The van der Waals surface area contributed by atoms with Crippen LogP contribution in [-0.4, -0.2) is 69.5 Å². The van der Waals surface area contributed by atoms with E-state index < -0.39 is 12.6 Å². The minimum Gasteiger partial charge on any atom is -0.393 e. The van der Waals surface area contributed by atoms with Gasteiger partial charge in [0, 0.05) is 68.2 Å². The van der Waals surface area contributed by atoms with Crippen molar-refractivity contribution in [3.05, 3.63) is 42.2 Å². The average Bonchev–Trinajstić information content (AvgIpc) is 3.27. The van der Waals surface area contributed by atoms with E-state index in [1.807, 2.05) is 0 Å². The Balaban J connectivity index is 1.44. The summed E-state index contributed by atoms with van der Waals surface area (Å²) < 4.78 is 40.0. The first-order valence-electron chi connectivity index (χ1n) is 13.2. The number of alkyl halides is 3. The molecule has 5 rings (SSSR count). The van der Waals surface area contributed by atoms with Gasteiger partial charge in [-0.15, -0.1) is 0 Å². The Morgan fingerprint density at radius 1 is 1.11 bits per heavy atom. The van der Waals surface area contributed by atoms with Gasteiger partial charge >= 0.3 is 6.18 Å². The first-order valence-corrected chi connectivity index (χ1v) is 13.2. The van der Waals surface area contributed by atoms with Gasteiger partial charge in [0.2, 0.25) is 5.95 Å². The number of rotatable bonds is 7. The van der Waals surface area contributed by atoms with Crippen LogP contribution in [0.3, 0.4) is 0 Å². The van der Waals surface area contributed by atoms with Crippen LogP contribution in [0.1, 0.15) is 56.7 Å². The van der Waals surface area contributed by atoms with E-state index in [9.17, 15) is 18.3 Å². The highest BCUT2D eigenvalue weighted by Crippen LogP contribution is 2.37. The van der Waals surface area contributed by atoms with Crippen LogP contribution in [0.15, 0.2) is 36.7 Å². The van der Waals surface area contributed by atoms with Crippen LogP contribution in [0.2, 0.25) is 0 Å². The SMILES string of the molecule is C[C@@H](c1ccc(-c2cn([C@H]3CC[C@H](O)CC3)c3nc(NCCC(F)(F)F)ncc23)cc1)N1CCNCC1. The van der Waals surface area contributed by atoms with E-state index in [1.54, 1.807) is 6.20 Å². The number of aliphatic hydroxyl groups is 1. The average molecular weight is 517 g/mol. The Morgan fingerprint density at radius 3 is 2.49 bits per heavy atom. The molecule has 2 fully saturated rings. The number of fused-ring (bicyclic) bond motifs is 1. The predicted molar refractivity (Wildman–Crippen MR) is 138 cm³/mol. The predicted octanol–water partition coefficient (Wildman–Crippen LogP) is 4.90. The molecule has 1 atom stereocenters. The molecule has 2 aliphatic rings. The lowest BCUT2D eigenvalue weighted by molar-refractivity contribution is -0.131. The number of aromatic nitrogens is 3. The quantitative estimate of drug-likeness (QED) is 0.415. The van der Waals surface area contributed by atoms with Crippen LogP contribution >= 0.6 is 0 Å². The number of hydrogen-bond acceptors (Lipinski definition) is 6. The molecule has 3 aromatic rings. The van der Waals surface area contributed by atoms with Gasteiger partial charge in [-0.05, 0) is 43.7 Å². The Kier molecular flexibility index (Phi) is 7.69. The minimum atomic E-state index is -4.23. The van der Waals surface area contributed by atoms with Crippen LogP contribution in [0, 0.1) is 0 Å². The highest BCUT2D eigenvalue weighted by atomic mass is 19.4. The number of aliphatic hydroxyl groups excluding tert-OH is 1. The van der Waals surface area contributed by atoms with Gasteiger partial charge in [0.05, 0.1) is 12.5 Å². The van der Waals surface area contributed by atoms with E-state index in [0.717, 1.165) is 68.4 Å². The van der Waals surface area contributed by atoms with Gasteiger partial charge in [-0.2, -0.15) is 18.2 Å². The molecule has 0 spiro atoms. The number of nitrogens with one attached hydrogen (secondary N) is 2. The molecule has 0 radical (unpaired) electrons. The zero-order valence-electron chi connectivity index (χ0n) is 21.1. The van der Waals surface area contributed by atoms with Crippen molar-refractivity contribution < 1.29 is 18.3 Å². The number of halogens is 3. The molecule has 0 amide bonds. The van der Waals surface area contributed by atoms with Gasteiger partial charge in [0.25, 0.3) is 0 Å². The third-order valence-electron chi connectivity index (χ3n) is 7.73. The van der Waals surface area contributed by atoms with Gasteiger partial charge in [0.1, 0.15) is 5.65 Å². The summed E-state index contributed by atoms with van der Waals surface area (Å²) in [6.45, 7) is 6.04. The molecule has 0 unspecified atom stereocenters. The Hall–Kier alpha value is -2.69. The van der Waals surface area contributed by atoms with Gasteiger partial charge in [-0.1, -0.05) is 24.3 Å². The van der Waals surface area contributed by atoms with Gasteiger partial charge in [0.15, 0.2) is 0 Å². The van der Waals surface area contributed by atoms with Crippen LogP contribution in [0.4, 0.5) is 19.1 Å². The van der Waals surface area contributed by atoms with E-state index in [0.29, 0.717) is 11.7 Å². The van der Waals surface area contributed by atoms with Crippen molar-refractivity contribution in [3.8, 4) is 11.1 Å². The molecular formula is C27H35F3N6O. The standard InChI is InChI=1S/C27H35F3N6O/c1-18(35-14-12-31-13-15-35)19-2-4-20(5-3-19)24-17-36(21-6-8-22(37)9-7-21)25-23(24)16-33-26(34-25)32-11-10-27(28,29)30/h2-5,16-18,21-22,31,37H,6-15H2,1H3,(H,32,33,34)/t18-,21-,22-/m0/s1. The number of hydrogen-bond donors (Lipinski definition) is 3. The molecule has 1 saturated carbocycles. The smallest absolute Gasteiger partial charge is 0.390 e. The van der Waals surface area contributed by atoms with E-state index in [-0.39, 0.29) is 24.6 Å². The molecular weight excluding hydrogens is 481 g/mol. The third kappa shape index (κ3) is 6.08. The first-order chi connectivity index (χ1) is 17.8. The zero-order chi connectivity index (χ0) is 26.0. The number of anilines is 1. The number of piperazine rings is 1. The molecule has 200 valence electrons. The molecule has 3 heterocycles. The van der Waals surface area contributed by atoms with E-state index in [2.05, 4.69) is 67.5 Å². The highest BCUT2D eigenvalue weighted by Gasteiger charge is 2.27. The van der Waals surface area contributed by atoms with Crippen molar-refractivity contribution in [1.29, 1.82) is 0 Å². The normalized spacial score (nSPS) is 22.3. The molecule has 0 bridgehead atoms. The van der Waals surface area contributed by atoms with E-state index >= 15 is 0 Å². The van der Waals surface area contributed by atoms with Crippen LogP contribution < -0.4 is 10.6 Å². The summed E-state index contributed by atoms with van der Waals surface area (Å²) in [5, 5.41) is 17.0. The molecule has 1 aromatic carbocycles. The van der Waals surface area contributed by atoms with Crippen molar-refractivity contribution >= 4 is 17.0 Å². The molecule has 2 aromatic heterocycles. The monoisotopic (exact) mass is 516 g/mol. The van der Waals surface area contributed by atoms with Crippen molar-refractivity contribution in [2.45, 2.75) is 63.4 Å². The van der Waals surface area contributed by atoms with Gasteiger partial charge in [-0.3, -0.25) is 4.90 Å². The fourth-order valence-electron chi connectivity index (χ4n) is 5.50. The summed E-state index contributed by atoms with van der Waals surface area (Å²) in [5.41, 5.74) is 4.03. The van der Waals surface area contributed by atoms with Crippen molar-refractivity contribution in [2.24, 2.45) is 0 Å². The summed E-state index contributed by atoms with van der Waals surface area (Å²) in [7, 11) is 0. The lowest BCUT2D eigenvalue weighted by Gasteiger charge is -2.33. The fourth-order valence-corrected chi connectivity index (χ4v) is 5.50. The van der Waals surface area contributed by atoms with E-state index in [4.69, 9.17) is 0 Å². The molecule has 1 saturated heterocycles. The second-order valence-electron chi connectivity index (χ2n) is 10.2. The third-order valence-corrected chi connectivity index (χ3v) is 7.73. The van der Waals surface area contributed by atoms with Crippen LogP contribution in [0.5, 0.6) is 0 Å². The maximum atomic E-state index is 12.6. The topological polar surface area (TPSA) is 78.2 Å². The largest absolute Gasteiger partial charge is 0.393 e. The van der Waals surface area contributed by atoms with Crippen molar-refractivity contribution in [2.75, 3.05) is 38.0 Å². The molecule has 10 heteroatoms. The van der Waals surface area contributed by atoms with Crippen molar-refractivity contribution in [1.82, 2.24) is 24.8 Å². The van der Waals surface area contributed by atoms with Gasteiger partial charge < -0.3 is 20.3 Å². The minimum absolute atomic E-state index is 0.171. The lowest BCUT2D eigenvalue weighted by atomic mass is 9.93. The molecule has 37 heavy (non-hydrogen) atoms. The van der Waals surface area contributed by atoms with Gasteiger partial charge in [-0.25, -0.2) is 4.98 Å². The summed E-state index contributed by atoms with van der Waals surface area (Å²) in [4.78, 5) is 11.5. The Labute approximate surface area is 215 Å². The fraction of sp³-hybridized carbons (Fsp3) is 0.556. The first kappa shape index (κ1) is 25.9. The molecule has 7 nitrogen and oxygen atoms in total. The summed E-state index contributed by atoms with van der Waals surface area (Å²) in [5.74, 6) is 0.193. The summed E-state index contributed by atoms with van der Waals surface area (Å²) >= 11 is 0. The maximum Gasteiger partial charge on any atom is 0.390 e. The molecule has 3 N–H and O–H groups in total. The molecule has 1 aliphatic carbocycles. The molecule has 1 aliphatic heterocycles. The number of benzene rings is 1. The summed E-state index contributed by atoms with van der Waals surface area (Å²) in [6, 6.07) is 9.12. The van der Waals surface area contributed by atoms with Crippen LogP contribution in [-0.2, 0) is 0 Å². The van der Waals surface area contributed by atoms with Crippen LogP contribution in [0.25, 0.3) is 22.2 Å². The maximum absolute atomic E-state index is 12.6. The zero-order valence-corrected chi connectivity index (χ0v) is 21.1. The van der Waals surface area contributed by atoms with E-state index in [1.165, 1.54) is 5.56 Å². The number of nitrogens with zero attached hydrogens (tertiary/aromatic N) is 4.